The fraction of sp³-hybridized carbons (Fsp3) is 0.500. The number of nitrogens with one attached hydrogen (secondary N) is 1. The van der Waals surface area contributed by atoms with Crippen LogP contribution in [0.3, 0.4) is 0 Å². The minimum Gasteiger partial charge on any atom is -0.481 e. The first-order valence-corrected chi connectivity index (χ1v) is 8.46. The number of benzene rings is 1. The number of rotatable bonds is 6. The summed E-state index contributed by atoms with van der Waals surface area (Å²) in [6, 6.07) is 8.31. The molecule has 0 bridgehead atoms. The Morgan fingerprint density at radius 3 is 2.48 bits per heavy atom. The topological polar surface area (TPSA) is 66.4 Å². The molecular weight excluding hydrogens is 286 g/mol. The van der Waals surface area contributed by atoms with Gasteiger partial charge in [-0.05, 0) is 49.6 Å². The van der Waals surface area contributed by atoms with Gasteiger partial charge in [0.2, 0.25) is 5.91 Å². The van der Waals surface area contributed by atoms with Gasteiger partial charge in [0.25, 0.3) is 0 Å². The monoisotopic (exact) mass is 307 g/mol. The average Bonchev–Trinajstić information content (AvgIpc) is 2.98. The van der Waals surface area contributed by atoms with E-state index in [4.69, 9.17) is 5.11 Å². The van der Waals surface area contributed by atoms with E-state index < -0.39 is 5.97 Å². The molecule has 2 rings (SSSR count). The van der Waals surface area contributed by atoms with E-state index >= 15 is 0 Å². The summed E-state index contributed by atoms with van der Waals surface area (Å²) < 4.78 is 0. The molecule has 1 aromatic rings. The van der Waals surface area contributed by atoms with Gasteiger partial charge in [-0.15, -0.1) is 11.8 Å². The van der Waals surface area contributed by atoms with Gasteiger partial charge in [-0.3, -0.25) is 9.59 Å². The quantitative estimate of drug-likeness (QED) is 0.793. The predicted octanol–water partition coefficient (Wildman–Crippen LogP) is 2.57. The lowest BCUT2D eigenvalue weighted by Crippen LogP contribution is -2.31. The summed E-state index contributed by atoms with van der Waals surface area (Å²) in [7, 11) is 0. The van der Waals surface area contributed by atoms with Crippen molar-refractivity contribution in [2.45, 2.75) is 30.6 Å². The van der Waals surface area contributed by atoms with Crippen LogP contribution in [-0.4, -0.2) is 29.8 Å². The summed E-state index contributed by atoms with van der Waals surface area (Å²) in [5.41, 5.74) is 1.20. The Bertz CT molecular complexity index is 501. The van der Waals surface area contributed by atoms with Gasteiger partial charge < -0.3 is 10.4 Å². The number of carboxylic acids is 1. The van der Waals surface area contributed by atoms with Crippen LogP contribution >= 0.6 is 11.8 Å². The molecule has 1 fully saturated rings. The second-order valence-corrected chi connectivity index (χ2v) is 6.31. The lowest BCUT2D eigenvalue weighted by molar-refractivity contribution is -0.141. The Hall–Kier alpha value is -1.49. The van der Waals surface area contributed by atoms with Gasteiger partial charge in [-0.2, -0.15) is 0 Å². The molecule has 0 spiro atoms. The molecule has 2 N–H and O–H groups in total. The zero-order chi connectivity index (χ0) is 15.2. The van der Waals surface area contributed by atoms with E-state index in [0.717, 1.165) is 6.42 Å². The summed E-state index contributed by atoms with van der Waals surface area (Å²) in [5.74, 6) is -1.26. The zero-order valence-electron chi connectivity index (χ0n) is 12.2. The van der Waals surface area contributed by atoms with Crippen molar-refractivity contribution in [3.05, 3.63) is 29.8 Å². The number of amides is 1. The van der Waals surface area contributed by atoms with Gasteiger partial charge in [0.05, 0.1) is 5.92 Å². The third-order valence-electron chi connectivity index (χ3n) is 4.02. The number of carbonyl (C=O) groups is 2. The molecule has 4 nitrogen and oxygen atoms in total. The molecule has 0 unspecified atom stereocenters. The van der Waals surface area contributed by atoms with Crippen LogP contribution in [0.15, 0.2) is 29.2 Å². The van der Waals surface area contributed by atoms with Crippen LogP contribution in [0.4, 0.5) is 0 Å². The Morgan fingerprint density at radius 1 is 1.24 bits per heavy atom. The van der Waals surface area contributed by atoms with E-state index in [0.29, 0.717) is 25.8 Å². The van der Waals surface area contributed by atoms with Crippen LogP contribution in [0.5, 0.6) is 0 Å². The van der Waals surface area contributed by atoms with Crippen LogP contribution in [-0.2, 0) is 16.0 Å². The summed E-state index contributed by atoms with van der Waals surface area (Å²) in [5, 5.41) is 11.9. The number of hydrogen-bond acceptors (Lipinski definition) is 3. The van der Waals surface area contributed by atoms with Crippen molar-refractivity contribution in [1.82, 2.24) is 5.32 Å². The maximum Gasteiger partial charge on any atom is 0.306 e. The van der Waals surface area contributed by atoms with Crippen LogP contribution in [0.25, 0.3) is 0 Å². The Morgan fingerprint density at radius 2 is 1.90 bits per heavy atom. The van der Waals surface area contributed by atoms with E-state index in [-0.39, 0.29) is 17.7 Å². The van der Waals surface area contributed by atoms with Gasteiger partial charge in [0, 0.05) is 17.4 Å². The highest BCUT2D eigenvalue weighted by Crippen LogP contribution is 2.31. The van der Waals surface area contributed by atoms with Crippen LogP contribution in [0.1, 0.15) is 24.8 Å². The lowest BCUT2D eigenvalue weighted by atomic mass is 10.0. The minimum atomic E-state index is -0.779. The van der Waals surface area contributed by atoms with Crippen molar-refractivity contribution < 1.29 is 14.7 Å². The largest absolute Gasteiger partial charge is 0.481 e. The van der Waals surface area contributed by atoms with E-state index in [2.05, 4.69) is 29.6 Å². The highest BCUT2D eigenvalue weighted by molar-refractivity contribution is 7.98. The first-order valence-electron chi connectivity index (χ1n) is 7.23. The van der Waals surface area contributed by atoms with Gasteiger partial charge in [-0.1, -0.05) is 12.1 Å². The molecular formula is C16H21NO3S. The normalized spacial score (nSPS) is 21.2. The summed E-state index contributed by atoms with van der Waals surface area (Å²) in [4.78, 5) is 24.1. The molecule has 114 valence electrons. The minimum absolute atomic E-state index is 0.000478. The van der Waals surface area contributed by atoms with Gasteiger partial charge in [0.15, 0.2) is 0 Å². The Kier molecular flexibility index (Phi) is 5.67. The van der Waals surface area contributed by atoms with Gasteiger partial charge >= 0.3 is 5.97 Å². The van der Waals surface area contributed by atoms with Crippen molar-refractivity contribution in [1.29, 1.82) is 0 Å². The number of thioether (sulfide) groups is 1. The molecule has 1 aliphatic rings. The molecule has 0 radical (unpaired) electrons. The lowest BCUT2D eigenvalue weighted by Gasteiger charge is -2.11. The standard InChI is InChI=1S/C16H21NO3S/c1-21-14-6-2-11(3-7-14)8-9-17-15(18)12-4-5-13(10-12)16(19)20/h2-3,6-7,12-13H,4-5,8-10H2,1H3,(H,17,18)(H,19,20)/t12-,13+/m1/s1. The molecule has 1 aromatic carbocycles. The molecule has 0 saturated heterocycles. The molecule has 1 amide bonds. The first kappa shape index (κ1) is 15.9. The summed E-state index contributed by atoms with van der Waals surface area (Å²) in [6.07, 6.45) is 4.62. The third-order valence-corrected chi connectivity index (χ3v) is 4.77. The van der Waals surface area contributed by atoms with Crippen LogP contribution in [0, 0.1) is 11.8 Å². The average molecular weight is 307 g/mol. The summed E-state index contributed by atoms with van der Waals surface area (Å²) in [6.45, 7) is 0.603. The second kappa shape index (κ2) is 7.50. The van der Waals surface area contributed by atoms with E-state index in [1.165, 1.54) is 10.5 Å². The summed E-state index contributed by atoms with van der Waals surface area (Å²) >= 11 is 1.71. The van der Waals surface area contributed by atoms with E-state index in [1.54, 1.807) is 11.8 Å². The van der Waals surface area contributed by atoms with Crippen molar-refractivity contribution in [3.63, 3.8) is 0 Å². The maximum atomic E-state index is 12.0. The smallest absolute Gasteiger partial charge is 0.306 e. The van der Waals surface area contributed by atoms with Crippen LogP contribution < -0.4 is 5.32 Å². The zero-order valence-corrected chi connectivity index (χ0v) is 13.0. The van der Waals surface area contributed by atoms with E-state index in [9.17, 15) is 9.59 Å². The molecule has 2 atom stereocenters. The number of carboxylic acid groups (broad SMARTS) is 1. The number of aliphatic carboxylic acids is 1. The van der Waals surface area contributed by atoms with Gasteiger partial charge in [0.1, 0.15) is 0 Å². The molecule has 21 heavy (non-hydrogen) atoms. The Balaban J connectivity index is 1.73. The van der Waals surface area contributed by atoms with Gasteiger partial charge in [-0.25, -0.2) is 0 Å². The molecule has 0 heterocycles. The fourth-order valence-corrected chi connectivity index (χ4v) is 3.12. The van der Waals surface area contributed by atoms with Crippen molar-refractivity contribution in [2.24, 2.45) is 11.8 Å². The predicted molar refractivity (Wildman–Crippen MR) is 83.4 cm³/mol. The highest BCUT2D eigenvalue weighted by Gasteiger charge is 2.33. The fourth-order valence-electron chi connectivity index (χ4n) is 2.71. The second-order valence-electron chi connectivity index (χ2n) is 5.43. The molecule has 0 aromatic heterocycles. The van der Waals surface area contributed by atoms with Crippen LogP contribution in [0.2, 0.25) is 0 Å². The molecule has 1 saturated carbocycles. The SMILES string of the molecule is CSc1ccc(CCNC(=O)[C@@H]2CC[C@H](C(=O)O)C2)cc1. The van der Waals surface area contributed by atoms with Crippen molar-refractivity contribution >= 4 is 23.6 Å². The number of carbonyl (C=O) groups excluding carboxylic acids is 1. The van der Waals surface area contributed by atoms with E-state index in [1.807, 2.05) is 6.26 Å². The first-order chi connectivity index (χ1) is 10.1. The highest BCUT2D eigenvalue weighted by atomic mass is 32.2. The van der Waals surface area contributed by atoms with Crippen molar-refractivity contribution in [3.8, 4) is 0 Å². The Labute approximate surface area is 129 Å². The molecule has 5 heteroatoms. The molecule has 1 aliphatic carbocycles. The third kappa shape index (κ3) is 4.49. The van der Waals surface area contributed by atoms with Crippen molar-refractivity contribution in [2.75, 3.05) is 12.8 Å². The molecule has 0 aliphatic heterocycles. The number of hydrogen-bond donors (Lipinski definition) is 2. The maximum absolute atomic E-state index is 12.0.